The normalized spacial score (nSPS) is 14.7. The molecule has 1 aliphatic rings. The number of carbonyl (C=O) groups is 1. The molecule has 92 valence electrons. The number of aliphatic carboxylic acids is 1. The first-order valence-electron chi connectivity index (χ1n) is 5.75. The van der Waals surface area contributed by atoms with E-state index in [9.17, 15) is 4.79 Å². The minimum atomic E-state index is -0.811. The second-order valence-corrected chi connectivity index (χ2v) is 4.31. The highest BCUT2D eigenvalue weighted by Gasteiger charge is 2.30. The number of hydrogen-bond donors (Lipinski definition) is 1. The Morgan fingerprint density at radius 2 is 2.18 bits per heavy atom. The van der Waals surface area contributed by atoms with Crippen LogP contribution in [0.15, 0.2) is 0 Å². The summed E-state index contributed by atoms with van der Waals surface area (Å²) in [6, 6.07) is 0. The van der Waals surface area contributed by atoms with Crippen LogP contribution in [-0.2, 0) is 11.2 Å². The van der Waals surface area contributed by atoms with Crippen molar-refractivity contribution in [2.75, 3.05) is 7.11 Å². The van der Waals surface area contributed by atoms with Crippen LogP contribution in [0.3, 0.4) is 0 Å². The summed E-state index contributed by atoms with van der Waals surface area (Å²) in [5.74, 6) is 0.868. The van der Waals surface area contributed by atoms with Crippen molar-refractivity contribution < 1.29 is 14.6 Å². The molecule has 1 aliphatic carbocycles. The van der Waals surface area contributed by atoms with E-state index in [1.165, 1.54) is 0 Å². The summed E-state index contributed by atoms with van der Waals surface area (Å²) in [5, 5.41) is 8.76. The molecule has 2 rings (SSSR count). The van der Waals surface area contributed by atoms with Crippen molar-refractivity contribution in [3.8, 4) is 5.88 Å². The molecule has 1 heterocycles. The highest BCUT2D eigenvalue weighted by molar-refractivity contribution is 5.67. The fourth-order valence-corrected chi connectivity index (χ4v) is 1.92. The number of aromatic nitrogens is 2. The quantitative estimate of drug-likeness (QED) is 0.842. The predicted octanol–water partition coefficient (Wildman–Crippen LogP) is 1.69. The number of carboxylic acid groups (broad SMARTS) is 1. The maximum atomic E-state index is 10.7. The van der Waals surface area contributed by atoms with E-state index in [0.717, 1.165) is 24.1 Å². The molecular weight excluding hydrogens is 220 g/mol. The van der Waals surface area contributed by atoms with Gasteiger partial charge in [0.05, 0.1) is 12.8 Å². The Balaban J connectivity index is 2.33. The van der Waals surface area contributed by atoms with Crippen molar-refractivity contribution in [3.63, 3.8) is 0 Å². The monoisotopic (exact) mass is 236 g/mol. The van der Waals surface area contributed by atoms with Crippen LogP contribution in [0.5, 0.6) is 5.88 Å². The number of ether oxygens (including phenoxy) is 1. The average Bonchev–Trinajstić information content (AvgIpc) is 3.09. The molecule has 1 saturated carbocycles. The van der Waals surface area contributed by atoms with Gasteiger partial charge in [0, 0.05) is 17.9 Å². The van der Waals surface area contributed by atoms with Crippen LogP contribution in [0.2, 0.25) is 0 Å². The molecule has 0 unspecified atom stereocenters. The second kappa shape index (κ2) is 4.69. The largest absolute Gasteiger partial charge is 0.481 e. The number of aryl methyl sites for hydroxylation is 1. The Kier molecular flexibility index (Phi) is 3.26. The first kappa shape index (κ1) is 11.8. The minimum absolute atomic E-state index is 0.0858. The summed E-state index contributed by atoms with van der Waals surface area (Å²) in [5.41, 5.74) is 1.85. The van der Waals surface area contributed by atoms with Gasteiger partial charge in [0.25, 0.3) is 0 Å². The molecule has 17 heavy (non-hydrogen) atoms. The number of nitrogens with zero attached hydrogens (tertiary/aromatic N) is 2. The zero-order chi connectivity index (χ0) is 12.4. The minimum Gasteiger partial charge on any atom is -0.481 e. The van der Waals surface area contributed by atoms with Gasteiger partial charge in [0.1, 0.15) is 5.82 Å². The fraction of sp³-hybridized carbons (Fsp3) is 0.583. The molecule has 5 nitrogen and oxygen atoms in total. The lowest BCUT2D eigenvalue weighted by Gasteiger charge is -2.12. The third-order valence-corrected chi connectivity index (χ3v) is 2.86. The lowest BCUT2D eigenvalue weighted by molar-refractivity contribution is -0.136. The van der Waals surface area contributed by atoms with Crippen molar-refractivity contribution in [2.24, 2.45) is 0 Å². The molecule has 5 heteroatoms. The number of hydrogen-bond acceptors (Lipinski definition) is 4. The van der Waals surface area contributed by atoms with E-state index in [2.05, 4.69) is 9.97 Å². The Labute approximate surface area is 99.9 Å². The first-order valence-corrected chi connectivity index (χ1v) is 5.75. The number of rotatable bonds is 5. The SMILES string of the molecule is COc1nc(C)nc(C2CC2)c1CCC(=O)O. The molecule has 0 aromatic carbocycles. The molecule has 0 aliphatic heterocycles. The smallest absolute Gasteiger partial charge is 0.303 e. The van der Waals surface area contributed by atoms with E-state index < -0.39 is 5.97 Å². The summed E-state index contributed by atoms with van der Waals surface area (Å²) in [6.45, 7) is 1.83. The van der Waals surface area contributed by atoms with Gasteiger partial charge in [-0.3, -0.25) is 4.79 Å². The van der Waals surface area contributed by atoms with Crippen LogP contribution in [0.1, 0.15) is 42.3 Å². The highest BCUT2D eigenvalue weighted by atomic mass is 16.5. The molecule has 1 aromatic heterocycles. The van der Waals surface area contributed by atoms with Gasteiger partial charge in [-0.05, 0) is 26.2 Å². The second-order valence-electron chi connectivity index (χ2n) is 4.31. The summed E-state index contributed by atoms with van der Waals surface area (Å²) in [4.78, 5) is 19.3. The van der Waals surface area contributed by atoms with Crippen molar-refractivity contribution >= 4 is 5.97 Å². The highest BCUT2D eigenvalue weighted by Crippen LogP contribution is 2.42. The van der Waals surface area contributed by atoms with Crippen molar-refractivity contribution in [2.45, 2.75) is 38.5 Å². The van der Waals surface area contributed by atoms with E-state index in [0.29, 0.717) is 24.0 Å². The van der Waals surface area contributed by atoms with Crippen LogP contribution < -0.4 is 4.74 Å². The van der Waals surface area contributed by atoms with Crippen LogP contribution in [-0.4, -0.2) is 28.2 Å². The summed E-state index contributed by atoms with van der Waals surface area (Å²) in [6.07, 6.45) is 2.77. The molecule has 0 radical (unpaired) electrons. The summed E-state index contributed by atoms with van der Waals surface area (Å²) < 4.78 is 5.23. The lowest BCUT2D eigenvalue weighted by Crippen LogP contribution is -2.07. The predicted molar refractivity (Wildman–Crippen MR) is 61.3 cm³/mol. The van der Waals surface area contributed by atoms with Gasteiger partial charge in [-0.1, -0.05) is 0 Å². The van der Waals surface area contributed by atoms with E-state index >= 15 is 0 Å². The molecule has 0 atom stereocenters. The Bertz CT molecular complexity index is 442. The summed E-state index contributed by atoms with van der Waals surface area (Å²) in [7, 11) is 1.56. The van der Waals surface area contributed by atoms with Gasteiger partial charge < -0.3 is 9.84 Å². The zero-order valence-corrected chi connectivity index (χ0v) is 10.1. The van der Waals surface area contributed by atoms with Crippen molar-refractivity contribution in [1.29, 1.82) is 0 Å². The van der Waals surface area contributed by atoms with Gasteiger partial charge in [0.15, 0.2) is 0 Å². The molecule has 0 amide bonds. The Morgan fingerprint density at radius 3 is 2.71 bits per heavy atom. The molecule has 0 bridgehead atoms. The first-order chi connectivity index (χ1) is 8.11. The Morgan fingerprint density at radius 1 is 1.47 bits per heavy atom. The van der Waals surface area contributed by atoms with Crippen molar-refractivity contribution in [1.82, 2.24) is 9.97 Å². The van der Waals surface area contributed by atoms with Gasteiger partial charge in [-0.15, -0.1) is 0 Å². The third kappa shape index (κ3) is 2.72. The summed E-state index contributed by atoms with van der Waals surface area (Å²) >= 11 is 0. The standard InChI is InChI=1S/C12H16N2O3/c1-7-13-11(8-3-4-8)9(5-6-10(15)16)12(14-7)17-2/h8H,3-6H2,1-2H3,(H,15,16). The van der Waals surface area contributed by atoms with Crippen LogP contribution >= 0.6 is 0 Å². The maximum Gasteiger partial charge on any atom is 0.303 e. The molecule has 1 fully saturated rings. The van der Waals surface area contributed by atoms with E-state index in [4.69, 9.17) is 9.84 Å². The topological polar surface area (TPSA) is 72.3 Å². The average molecular weight is 236 g/mol. The van der Waals surface area contributed by atoms with E-state index in [1.54, 1.807) is 7.11 Å². The fourth-order valence-electron chi connectivity index (χ4n) is 1.92. The Hall–Kier alpha value is -1.65. The number of carboxylic acids is 1. The van der Waals surface area contributed by atoms with Crippen LogP contribution in [0.4, 0.5) is 0 Å². The van der Waals surface area contributed by atoms with E-state index in [1.807, 2.05) is 6.92 Å². The molecule has 0 saturated heterocycles. The molecule has 0 spiro atoms. The molecule has 1 aromatic rings. The van der Waals surface area contributed by atoms with Gasteiger partial charge >= 0.3 is 5.97 Å². The van der Waals surface area contributed by atoms with Gasteiger partial charge in [0.2, 0.25) is 5.88 Å². The molecule has 1 N–H and O–H groups in total. The third-order valence-electron chi connectivity index (χ3n) is 2.86. The van der Waals surface area contributed by atoms with Crippen molar-refractivity contribution in [3.05, 3.63) is 17.1 Å². The lowest BCUT2D eigenvalue weighted by atomic mass is 10.1. The molecular formula is C12H16N2O3. The van der Waals surface area contributed by atoms with Gasteiger partial charge in [-0.2, -0.15) is 4.98 Å². The number of methoxy groups -OCH3 is 1. The van der Waals surface area contributed by atoms with Crippen LogP contribution in [0, 0.1) is 6.92 Å². The van der Waals surface area contributed by atoms with Crippen LogP contribution in [0.25, 0.3) is 0 Å². The van der Waals surface area contributed by atoms with E-state index in [-0.39, 0.29) is 6.42 Å². The van der Waals surface area contributed by atoms with Gasteiger partial charge in [-0.25, -0.2) is 4.98 Å². The maximum absolute atomic E-state index is 10.7. The zero-order valence-electron chi connectivity index (χ0n) is 10.1.